The summed E-state index contributed by atoms with van der Waals surface area (Å²) in [6.45, 7) is 5.94. The van der Waals surface area contributed by atoms with Crippen LogP contribution in [0.15, 0.2) is 11.2 Å². The topological polar surface area (TPSA) is 92.1 Å². The van der Waals surface area contributed by atoms with Crippen LogP contribution in [0.5, 0.6) is 0 Å². The minimum atomic E-state index is -3.57. The van der Waals surface area contributed by atoms with Gasteiger partial charge in [-0.05, 0) is 13.3 Å². The molecule has 104 valence electrons. The highest BCUT2D eigenvalue weighted by atomic mass is 32.2. The number of aryl methyl sites for hydroxylation is 1. The Morgan fingerprint density at radius 2 is 2.11 bits per heavy atom. The van der Waals surface area contributed by atoms with E-state index in [1.165, 1.54) is 10.5 Å². The predicted molar refractivity (Wildman–Crippen MR) is 70.7 cm³/mol. The number of hydrogen-bond acceptors (Lipinski definition) is 4. The first-order chi connectivity index (χ1) is 8.31. The molecular weight excluding hydrogens is 252 g/mol. The summed E-state index contributed by atoms with van der Waals surface area (Å²) in [5, 5.41) is 0.120. The predicted octanol–water partition coefficient (Wildman–Crippen LogP) is 0.720. The van der Waals surface area contributed by atoms with Crippen LogP contribution in [0.2, 0.25) is 0 Å². The Hall–Kier alpha value is -0.920. The summed E-state index contributed by atoms with van der Waals surface area (Å²) in [5.74, 6) is 0.660. The molecule has 1 rings (SSSR count). The number of nitrogens with one attached hydrogen (secondary N) is 1. The smallest absolute Gasteiger partial charge is 0.260 e. The molecule has 0 bridgehead atoms. The maximum absolute atomic E-state index is 12.4. The van der Waals surface area contributed by atoms with Crippen LogP contribution >= 0.6 is 0 Å². The molecule has 0 saturated heterocycles. The molecule has 18 heavy (non-hydrogen) atoms. The molecule has 6 nitrogen and oxygen atoms in total. The van der Waals surface area contributed by atoms with E-state index in [0.29, 0.717) is 18.7 Å². The van der Waals surface area contributed by atoms with Crippen molar-refractivity contribution in [2.24, 2.45) is 5.73 Å². The number of sulfonamides is 1. The molecule has 0 aliphatic heterocycles. The zero-order valence-corrected chi connectivity index (χ0v) is 12.2. The monoisotopic (exact) mass is 274 g/mol. The van der Waals surface area contributed by atoms with Crippen LogP contribution < -0.4 is 5.73 Å². The Bertz CT molecular complexity index is 491. The molecule has 0 aliphatic rings. The van der Waals surface area contributed by atoms with Crippen LogP contribution in [0, 0.1) is 0 Å². The summed E-state index contributed by atoms with van der Waals surface area (Å²) in [5.41, 5.74) is 5.11. The van der Waals surface area contributed by atoms with Crippen molar-refractivity contribution in [1.82, 2.24) is 14.3 Å². The average Bonchev–Trinajstić information content (AvgIpc) is 2.86. The van der Waals surface area contributed by atoms with Gasteiger partial charge in [-0.2, -0.15) is 4.31 Å². The highest BCUT2D eigenvalue weighted by molar-refractivity contribution is 7.89. The lowest BCUT2D eigenvalue weighted by Crippen LogP contribution is -2.51. The number of nitrogens with two attached hydrogens (primary N) is 1. The normalized spacial score (nSPS) is 15.9. The summed E-state index contributed by atoms with van der Waals surface area (Å²) < 4.78 is 26.2. The molecule has 0 radical (unpaired) electrons. The molecule has 1 heterocycles. The summed E-state index contributed by atoms with van der Waals surface area (Å²) in [6, 6.07) is 0. The van der Waals surface area contributed by atoms with Gasteiger partial charge in [-0.1, -0.05) is 13.8 Å². The van der Waals surface area contributed by atoms with E-state index in [9.17, 15) is 8.42 Å². The van der Waals surface area contributed by atoms with E-state index < -0.39 is 15.6 Å². The molecule has 1 aromatic rings. The molecule has 0 spiro atoms. The molecule has 1 unspecified atom stereocenters. The van der Waals surface area contributed by atoms with Crippen LogP contribution in [0.3, 0.4) is 0 Å². The molecule has 7 heteroatoms. The Balaban J connectivity index is 3.14. The van der Waals surface area contributed by atoms with E-state index in [-0.39, 0.29) is 11.6 Å². The molecule has 0 aliphatic carbocycles. The van der Waals surface area contributed by atoms with Gasteiger partial charge in [0.25, 0.3) is 10.0 Å². The number of rotatable bonds is 6. The van der Waals surface area contributed by atoms with Gasteiger partial charge in [-0.25, -0.2) is 13.4 Å². The van der Waals surface area contributed by atoms with Crippen molar-refractivity contribution in [2.45, 2.75) is 44.2 Å². The number of likely N-dealkylation sites (N-methyl/N-ethyl adjacent to an activating group) is 1. The van der Waals surface area contributed by atoms with Gasteiger partial charge in [0.05, 0.1) is 6.20 Å². The fourth-order valence-electron chi connectivity index (χ4n) is 1.59. The van der Waals surface area contributed by atoms with Crippen molar-refractivity contribution in [1.29, 1.82) is 0 Å². The van der Waals surface area contributed by atoms with Gasteiger partial charge in [0.2, 0.25) is 0 Å². The standard InChI is InChI=1S/C11H22N4O2S/c1-5-9-13-7-10(14-9)18(16,17)15(4)11(3,6-2)8-12/h7H,5-6,8,12H2,1-4H3,(H,13,14). The van der Waals surface area contributed by atoms with Gasteiger partial charge in [-0.15, -0.1) is 0 Å². The quantitative estimate of drug-likeness (QED) is 0.799. The van der Waals surface area contributed by atoms with Crippen LogP contribution in [0.1, 0.15) is 33.0 Å². The van der Waals surface area contributed by atoms with Gasteiger partial charge in [0, 0.05) is 25.6 Å². The number of imidazole rings is 1. The molecule has 1 atom stereocenters. The highest BCUT2D eigenvalue weighted by Gasteiger charge is 2.36. The molecule has 0 fully saturated rings. The second-order valence-corrected chi connectivity index (χ2v) is 6.51. The van der Waals surface area contributed by atoms with Crippen LogP contribution in [-0.2, 0) is 16.4 Å². The van der Waals surface area contributed by atoms with E-state index in [2.05, 4.69) is 9.97 Å². The van der Waals surface area contributed by atoms with E-state index in [4.69, 9.17) is 5.73 Å². The molecule has 3 N–H and O–H groups in total. The summed E-state index contributed by atoms with van der Waals surface area (Å²) in [4.78, 5) is 6.85. The molecule has 0 aromatic carbocycles. The number of hydrogen-bond donors (Lipinski definition) is 2. The minimum absolute atomic E-state index is 0.120. The SMILES string of the molecule is CCc1ncc(S(=O)(=O)N(C)C(C)(CC)CN)[nH]1. The van der Waals surface area contributed by atoms with Gasteiger partial charge < -0.3 is 10.7 Å². The van der Waals surface area contributed by atoms with E-state index in [1.54, 1.807) is 7.05 Å². The fraction of sp³-hybridized carbons (Fsp3) is 0.727. The number of aromatic nitrogens is 2. The Morgan fingerprint density at radius 3 is 2.50 bits per heavy atom. The van der Waals surface area contributed by atoms with Gasteiger partial charge in [0.15, 0.2) is 5.03 Å². The third-order valence-corrected chi connectivity index (χ3v) is 5.47. The van der Waals surface area contributed by atoms with Crippen molar-refractivity contribution in [3.8, 4) is 0 Å². The van der Waals surface area contributed by atoms with Crippen molar-refractivity contribution in [2.75, 3.05) is 13.6 Å². The van der Waals surface area contributed by atoms with Crippen molar-refractivity contribution < 1.29 is 8.42 Å². The highest BCUT2D eigenvalue weighted by Crippen LogP contribution is 2.23. The van der Waals surface area contributed by atoms with E-state index in [0.717, 1.165) is 0 Å². The number of nitrogens with zero attached hydrogens (tertiary/aromatic N) is 2. The largest absolute Gasteiger partial charge is 0.332 e. The summed E-state index contributed by atoms with van der Waals surface area (Å²) >= 11 is 0. The van der Waals surface area contributed by atoms with Crippen LogP contribution in [0.25, 0.3) is 0 Å². The lowest BCUT2D eigenvalue weighted by molar-refractivity contribution is 0.239. The molecule has 0 amide bonds. The first-order valence-electron chi connectivity index (χ1n) is 6.04. The van der Waals surface area contributed by atoms with Gasteiger partial charge in [-0.3, -0.25) is 0 Å². The van der Waals surface area contributed by atoms with Crippen molar-refractivity contribution >= 4 is 10.0 Å². The fourth-order valence-corrected chi connectivity index (χ4v) is 3.10. The molecule has 0 saturated carbocycles. The van der Waals surface area contributed by atoms with Gasteiger partial charge in [0.1, 0.15) is 5.82 Å². The Kier molecular flexibility index (Phi) is 4.52. The molecule has 1 aromatic heterocycles. The lowest BCUT2D eigenvalue weighted by atomic mass is 10.00. The zero-order chi connectivity index (χ0) is 14.0. The third-order valence-electron chi connectivity index (χ3n) is 3.54. The van der Waals surface area contributed by atoms with Gasteiger partial charge >= 0.3 is 0 Å². The summed E-state index contributed by atoms with van der Waals surface area (Å²) in [7, 11) is -2.02. The van der Waals surface area contributed by atoms with E-state index >= 15 is 0 Å². The number of H-pyrrole nitrogens is 1. The second-order valence-electron chi connectivity index (χ2n) is 4.57. The maximum atomic E-state index is 12.4. The van der Waals surface area contributed by atoms with Crippen LogP contribution in [-0.4, -0.2) is 41.8 Å². The number of aromatic amines is 1. The zero-order valence-electron chi connectivity index (χ0n) is 11.4. The first kappa shape index (κ1) is 15.1. The summed E-state index contributed by atoms with van der Waals surface area (Å²) in [6.07, 6.45) is 2.67. The maximum Gasteiger partial charge on any atom is 0.260 e. The average molecular weight is 274 g/mol. The van der Waals surface area contributed by atoms with Crippen molar-refractivity contribution in [3.05, 3.63) is 12.0 Å². The second kappa shape index (κ2) is 5.38. The van der Waals surface area contributed by atoms with Crippen LogP contribution in [0.4, 0.5) is 0 Å². The third kappa shape index (κ3) is 2.57. The van der Waals surface area contributed by atoms with E-state index in [1.807, 2.05) is 20.8 Å². The first-order valence-corrected chi connectivity index (χ1v) is 7.48. The minimum Gasteiger partial charge on any atom is -0.332 e. The van der Waals surface area contributed by atoms with Crippen molar-refractivity contribution in [3.63, 3.8) is 0 Å². The Morgan fingerprint density at radius 1 is 1.50 bits per heavy atom. The molecular formula is C11H22N4O2S. The lowest BCUT2D eigenvalue weighted by Gasteiger charge is -2.35. The Labute approximate surface area is 109 Å².